The van der Waals surface area contributed by atoms with Gasteiger partial charge in [-0.15, -0.1) is 0 Å². The number of rotatable bonds is 8. The van der Waals surface area contributed by atoms with Crippen LogP contribution in [0.25, 0.3) is 0 Å². The molecule has 0 aromatic rings. The van der Waals surface area contributed by atoms with Crippen LogP contribution in [-0.4, -0.2) is 134 Å². The summed E-state index contributed by atoms with van der Waals surface area (Å²) in [7, 11) is 0. The molecule has 0 unspecified atom stereocenters. The third kappa shape index (κ3) is 5.38. The van der Waals surface area contributed by atoms with E-state index < -0.39 is 93.2 Å². The topological polar surface area (TPSA) is 242 Å². The molecule has 170 valence electrons. The molecule has 14 nitrogen and oxygen atoms in total. The van der Waals surface area contributed by atoms with Gasteiger partial charge in [0.15, 0.2) is 12.6 Å². The lowest BCUT2D eigenvalue weighted by molar-refractivity contribution is -0.359. The highest BCUT2D eigenvalue weighted by Crippen LogP contribution is 2.29. The van der Waals surface area contributed by atoms with Gasteiger partial charge in [-0.3, -0.25) is 4.79 Å². The first-order valence-electron chi connectivity index (χ1n) is 8.80. The van der Waals surface area contributed by atoms with Gasteiger partial charge in [-0.1, -0.05) is 0 Å². The Morgan fingerprint density at radius 3 is 1.97 bits per heavy atom. The smallest absolute Gasteiger partial charge is 0.322 e. The number of carboxylic acids is 1. The van der Waals surface area contributed by atoms with Crippen LogP contribution in [0.5, 0.6) is 0 Å². The fourth-order valence-corrected chi connectivity index (χ4v) is 2.96. The minimum Gasteiger partial charge on any atom is -0.480 e. The van der Waals surface area contributed by atoms with Crippen molar-refractivity contribution in [3.05, 3.63) is 0 Å². The van der Waals surface area contributed by atoms with Gasteiger partial charge < -0.3 is 65.5 Å². The molecule has 29 heavy (non-hydrogen) atoms. The number of hydrogen-bond donors (Lipinski definition) is 9. The molecule has 0 spiro atoms. The molecule has 0 amide bonds. The van der Waals surface area contributed by atoms with Gasteiger partial charge in [-0.2, -0.15) is 0 Å². The maximum absolute atomic E-state index is 10.7. The molecule has 2 heterocycles. The molecular weight excluding hydrogens is 402 g/mol. The minimum atomic E-state index is -1.78. The van der Waals surface area contributed by atoms with Crippen LogP contribution in [0.1, 0.15) is 0 Å². The number of hydrogen-bond acceptors (Lipinski definition) is 13. The van der Waals surface area contributed by atoms with Crippen LogP contribution in [0, 0.1) is 0 Å². The number of aliphatic hydroxyl groups is 7. The van der Waals surface area contributed by atoms with E-state index in [1.165, 1.54) is 0 Å². The van der Waals surface area contributed by atoms with E-state index in [1.54, 1.807) is 0 Å². The van der Waals surface area contributed by atoms with Crippen LogP contribution < -0.4 is 5.73 Å². The van der Waals surface area contributed by atoms with Crippen LogP contribution in [-0.2, 0) is 23.7 Å². The van der Waals surface area contributed by atoms with Gasteiger partial charge in [0, 0.05) is 0 Å². The summed E-state index contributed by atoms with van der Waals surface area (Å²) >= 11 is 0. The lowest BCUT2D eigenvalue weighted by Gasteiger charge is -2.46. The molecule has 11 atom stereocenters. The summed E-state index contributed by atoms with van der Waals surface area (Å²) in [6.45, 7) is -2.00. The first-order valence-corrected chi connectivity index (χ1v) is 8.80. The number of carbonyl (C=O) groups is 1. The largest absolute Gasteiger partial charge is 0.480 e. The molecule has 10 N–H and O–H groups in total. The molecular formula is C15H27NO13. The van der Waals surface area contributed by atoms with Crippen molar-refractivity contribution in [1.82, 2.24) is 0 Å². The van der Waals surface area contributed by atoms with Crippen molar-refractivity contribution in [3.8, 4) is 0 Å². The third-order valence-electron chi connectivity index (χ3n) is 4.72. The van der Waals surface area contributed by atoms with E-state index in [4.69, 9.17) is 29.8 Å². The second kappa shape index (κ2) is 10.3. The summed E-state index contributed by atoms with van der Waals surface area (Å²) in [5.41, 5.74) is 5.29. The fourth-order valence-electron chi connectivity index (χ4n) is 2.96. The quantitative estimate of drug-likeness (QED) is 0.174. The Morgan fingerprint density at radius 1 is 0.862 bits per heavy atom. The minimum absolute atomic E-state index is 0.555. The summed E-state index contributed by atoms with van der Waals surface area (Å²) in [5, 5.41) is 77.6. The van der Waals surface area contributed by atoms with E-state index in [0.29, 0.717) is 0 Å². The molecule has 2 rings (SSSR count). The average Bonchev–Trinajstić information content (AvgIpc) is 2.70. The van der Waals surface area contributed by atoms with Crippen molar-refractivity contribution in [2.75, 3.05) is 19.8 Å². The van der Waals surface area contributed by atoms with Gasteiger partial charge in [0.2, 0.25) is 0 Å². The van der Waals surface area contributed by atoms with Gasteiger partial charge in [0.1, 0.15) is 54.9 Å². The Labute approximate surface area is 164 Å². The SMILES string of the molecule is N[C@@H](CO[C@@H]1O[C@H](CO)[C@@H](O[C@@H]2O[C@H](CO)[C@H](O)[C@H](O)[C@H]2O)[C@H](O)[C@H]1O)C(=O)O. The van der Waals surface area contributed by atoms with Crippen molar-refractivity contribution in [3.63, 3.8) is 0 Å². The van der Waals surface area contributed by atoms with E-state index in [2.05, 4.69) is 0 Å². The van der Waals surface area contributed by atoms with Crippen molar-refractivity contribution in [2.45, 2.75) is 67.5 Å². The second-order valence-electron chi connectivity index (χ2n) is 6.78. The summed E-state index contributed by atoms with van der Waals surface area (Å²) in [6.07, 6.45) is -15.9. The molecule has 2 fully saturated rings. The Bertz CT molecular complexity index is 534. The normalized spacial score (nSPS) is 44.4. The molecule has 2 saturated heterocycles. The van der Waals surface area contributed by atoms with Gasteiger partial charge >= 0.3 is 5.97 Å². The Morgan fingerprint density at radius 2 is 1.41 bits per heavy atom. The molecule has 0 saturated carbocycles. The maximum Gasteiger partial charge on any atom is 0.322 e. The molecule has 0 bridgehead atoms. The predicted octanol–water partition coefficient (Wildman–Crippen LogP) is -5.96. The van der Waals surface area contributed by atoms with Crippen LogP contribution in [0.4, 0.5) is 0 Å². The zero-order chi connectivity index (χ0) is 21.9. The summed E-state index contributed by atoms with van der Waals surface area (Å²) in [6, 6.07) is -1.42. The molecule has 0 aromatic heterocycles. The van der Waals surface area contributed by atoms with Crippen LogP contribution in [0.3, 0.4) is 0 Å². The van der Waals surface area contributed by atoms with Crippen molar-refractivity contribution < 1.29 is 64.6 Å². The lowest BCUT2D eigenvalue weighted by atomic mass is 9.97. The van der Waals surface area contributed by atoms with Crippen molar-refractivity contribution >= 4 is 5.97 Å². The summed E-state index contributed by atoms with van der Waals surface area (Å²) in [5.74, 6) is -1.36. The lowest BCUT2D eigenvalue weighted by Crippen LogP contribution is -2.64. The van der Waals surface area contributed by atoms with Crippen molar-refractivity contribution in [2.24, 2.45) is 5.73 Å². The van der Waals surface area contributed by atoms with E-state index >= 15 is 0 Å². The number of aliphatic carboxylic acids is 1. The van der Waals surface area contributed by atoms with E-state index in [-0.39, 0.29) is 0 Å². The first-order chi connectivity index (χ1) is 13.6. The van der Waals surface area contributed by atoms with Gasteiger partial charge in [0.05, 0.1) is 19.8 Å². The van der Waals surface area contributed by atoms with E-state index in [0.717, 1.165) is 0 Å². The third-order valence-corrected chi connectivity index (χ3v) is 4.72. The predicted molar refractivity (Wildman–Crippen MR) is 88.0 cm³/mol. The van der Waals surface area contributed by atoms with E-state index in [1.807, 2.05) is 0 Å². The summed E-state index contributed by atoms with van der Waals surface area (Å²) in [4.78, 5) is 10.7. The molecule has 0 radical (unpaired) electrons. The number of carboxylic acid groups (broad SMARTS) is 1. The molecule has 2 aliphatic rings. The number of ether oxygens (including phenoxy) is 4. The van der Waals surface area contributed by atoms with Gasteiger partial charge in [0.25, 0.3) is 0 Å². The van der Waals surface area contributed by atoms with Crippen LogP contribution in [0.2, 0.25) is 0 Å². The second-order valence-corrected chi connectivity index (χ2v) is 6.78. The first kappa shape index (κ1) is 24.3. The van der Waals surface area contributed by atoms with E-state index in [9.17, 15) is 40.5 Å². The highest BCUT2D eigenvalue weighted by atomic mass is 16.7. The summed E-state index contributed by atoms with van der Waals surface area (Å²) < 4.78 is 20.9. The molecule has 14 heteroatoms. The Balaban J connectivity index is 2.06. The number of aliphatic hydroxyl groups excluding tert-OH is 7. The highest BCUT2D eigenvalue weighted by molar-refractivity contribution is 5.73. The van der Waals surface area contributed by atoms with Crippen LogP contribution >= 0.6 is 0 Å². The zero-order valence-electron chi connectivity index (χ0n) is 15.2. The number of nitrogens with two attached hydrogens (primary N) is 1. The standard InChI is InChI=1S/C15H27NO13/c16-4(13(24)25)3-26-14-11(23)9(21)12(6(2-18)28-14)29-15-10(22)8(20)7(19)5(1-17)27-15/h4-12,14-15,17-23H,1-3,16H2,(H,24,25)/t4-,5+,6+,7-,8-,9+,10+,11+,12+,14+,15-/m0/s1. The van der Waals surface area contributed by atoms with Gasteiger partial charge in [-0.25, -0.2) is 0 Å². The molecule has 0 aromatic carbocycles. The van der Waals surface area contributed by atoms with Gasteiger partial charge in [-0.05, 0) is 0 Å². The Hall–Kier alpha value is -1.01. The van der Waals surface area contributed by atoms with Crippen molar-refractivity contribution in [1.29, 1.82) is 0 Å². The molecule has 2 aliphatic heterocycles. The maximum atomic E-state index is 10.7. The average molecular weight is 429 g/mol. The Kier molecular flexibility index (Phi) is 8.65. The van der Waals surface area contributed by atoms with Crippen LogP contribution in [0.15, 0.2) is 0 Å². The highest BCUT2D eigenvalue weighted by Gasteiger charge is 2.50. The molecule has 0 aliphatic carbocycles. The monoisotopic (exact) mass is 429 g/mol. The zero-order valence-corrected chi connectivity index (χ0v) is 15.2. The fraction of sp³-hybridized carbons (Fsp3) is 0.933.